The van der Waals surface area contributed by atoms with Crippen molar-refractivity contribution in [2.24, 2.45) is 5.73 Å². The van der Waals surface area contributed by atoms with Gasteiger partial charge in [0.1, 0.15) is 0 Å². The second-order valence-corrected chi connectivity index (χ2v) is 6.31. The number of hydrogen-bond donors (Lipinski definition) is 1. The van der Waals surface area contributed by atoms with Crippen LogP contribution in [0.2, 0.25) is 0 Å². The van der Waals surface area contributed by atoms with Crippen molar-refractivity contribution in [2.45, 2.75) is 31.2 Å². The molecule has 0 spiro atoms. The Hall–Kier alpha value is -1.35. The van der Waals surface area contributed by atoms with Gasteiger partial charge in [0.05, 0.1) is 11.4 Å². The van der Waals surface area contributed by atoms with E-state index in [2.05, 4.69) is 11.8 Å². The first-order valence-electron chi connectivity index (χ1n) is 6.20. The average molecular weight is 280 g/mol. The standard InChI is InChI=1S/C14H20N2O2S/c1-4-12(2)16(3)19(17,18)14-9-5-7-13(11-14)8-6-10-15/h5,7,9,11-12H,4,10,15H2,1-3H3. The second-order valence-electron chi connectivity index (χ2n) is 4.31. The third-order valence-corrected chi connectivity index (χ3v) is 5.03. The molecule has 0 bridgehead atoms. The lowest BCUT2D eigenvalue weighted by Gasteiger charge is -2.23. The summed E-state index contributed by atoms with van der Waals surface area (Å²) < 4.78 is 26.2. The fourth-order valence-corrected chi connectivity index (χ4v) is 3.03. The minimum Gasteiger partial charge on any atom is -0.320 e. The molecule has 1 aromatic carbocycles. The number of sulfonamides is 1. The van der Waals surface area contributed by atoms with Crippen LogP contribution in [0.1, 0.15) is 25.8 Å². The Morgan fingerprint density at radius 1 is 1.42 bits per heavy atom. The fraction of sp³-hybridized carbons (Fsp3) is 0.429. The minimum absolute atomic E-state index is 0.0382. The molecule has 0 saturated carbocycles. The topological polar surface area (TPSA) is 63.4 Å². The molecule has 1 rings (SSSR count). The number of hydrogen-bond acceptors (Lipinski definition) is 3. The first-order valence-corrected chi connectivity index (χ1v) is 7.64. The maximum absolute atomic E-state index is 12.4. The Morgan fingerprint density at radius 3 is 2.68 bits per heavy atom. The number of nitrogens with two attached hydrogens (primary N) is 1. The van der Waals surface area contributed by atoms with Crippen LogP contribution in [0, 0.1) is 11.8 Å². The van der Waals surface area contributed by atoms with Crippen LogP contribution in [0.5, 0.6) is 0 Å². The molecule has 1 aromatic rings. The smallest absolute Gasteiger partial charge is 0.243 e. The van der Waals surface area contributed by atoms with Gasteiger partial charge in [-0.05, 0) is 31.5 Å². The summed E-state index contributed by atoms with van der Waals surface area (Å²) >= 11 is 0. The van der Waals surface area contributed by atoms with Crippen molar-refractivity contribution in [3.05, 3.63) is 29.8 Å². The van der Waals surface area contributed by atoms with Gasteiger partial charge in [-0.2, -0.15) is 4.31 Å². The average Bonchev–Trinajstić information content (AvgIpc) is 2.43. The molecule has 0 saturated heterocycles. The van der Waals surface area contributed by atoms with E-state index in [9.17, 15) is 8.42 Å². The van der Waals surface area contributed by atoms with E-state index in [-0.39, 0.29) is 17.5 Å². The van der Waals surface area contributed by atoms with Crippen molar-refractivity contribution >= 4 is 10.0 Å². The van der Waals surface area contributed by atoms with E-state index >= 15 is 0 Å². The molecule has 104 valence electrons. The lowest BCUT2D eigenvalue weighted by Crippen LogP contribution is -2.34. The fourth-order valence-electron chi connectivity index (χ4n) is 1.55. The van der Waals surface area contributed by atoms with Gasteiger partial charge in [-0.25, -0.2) is 8.42 Å². The Balaban J connectivity index is 3.15. The first kappa shape index (κ1) is 15.7. The summed E-state index contributed by atoms with van der Waals surface area (Å²) in [6.45, 7) is 4.10. The highest BCUT2D eigenvalue weighted by molar-refractivity contribution is 7.89. The van der Waals surface area contributed by atoms with Crippen molar-refractivity contribution in [1.29, 1.82) is 0 Å². The molecule has 5 heteroatoms. The Labute approximate surface area is 115 Å². The van der Waals surface area contributed by atoms with Crippen LogP contribution in [-0.4, -0.2) is 32.4 Å². The molecular weight excluding hydrogens is 260 g/mol. The summed E-state index contributed by atoms with van der Waals surface area (Å²) in [7, 11) is -1.86. The predicted octanol–water partition coefficient (Wildman–Crippen LogP) is 1.42. The summed E-state index contributed by atoms with van der Waals surface area (Å²) in [5.74, 6) is 5.56. The van der Waals surface area contributed by atoms with Gasteiger partial charge in [-0.15, -0.1) is 0 Å². The zero-order valence-corrected chi connectivity index (χ0v) is 12.4. The van der Waals surface area contributed by atoms with E-state index in [0.29, 0.717) is 5.56 Å². The maximum atomic E-state index is 12.4. The van der Waals surface area contributed by atoms with Gasteiger partial charge >= 0.3 is 0 Å². The lowest BCUT2D eigenvalue weighted by molar-refractivity contribution is 0.380. The van der Waals surface area contributed by atoms with Gasteiger partial charge < -0.3 is 5.73 Å². The molecule has 4 nitrogen and oxygen atoms in total. The highest BCUT2D eigenvalue weighted by atomic mass is 32.2. The van der Waals surface area contributed by atoms with Gasteiger partial charge in [0.2, 0.25) is 10.0 Å². The van der Waals surface area contributed by atoms with E-state index < -0.39 is 10.0 Å². The van der Waals surface area contributed by atoms with Crippen LogP contribution >= 0.6 is 0 Å². The van der Waals surface area contributed by atoms with E-state index in [4.69, 9.17) is 5.73 Å². The van der Waals surface area contributed by atoms with Crippen molar-refractivity contribution in [1.82, 2.24) is 4.31 Å². The highest BCUT2D eigenvalue weighted by Gasteiger charge is 2.24. The molecule has 0 aromatic heterocycles. The molecule has 0 radical (unpaired) electrons. The molecular formula is C14H20N2O2S. The summed E-state index contributed by atoms with van der Waals surface area (Å²) in [4.78, 5) is 0.263. The second kappa shape index (κ2) is 6.71. The van der Waals surface area contributed by atoms with Crippen molar-refractivity contribution < 1.29 is 8.42 Å². The lowest BCUT2D eigenvalue weighted by atomic mass is 10.2. The minimum atomic E-state index is -3.46. The van der Waals surface area contributed by atoms with Crippen LogP contribution in [0.15, 0.2) is 29.2 Å². The van der Waals surface area contributed by atoms with Gasteiger partial charge in [0.25, 0.3) is 0 Å². The molecule has 1 unspecified atom stereocenters. The zero-order chi connectivity index (χ0) is 14.5. The summed E-state index contributed by atoms with van der Waals surface area (Å²) in [6.07, 6.45) is 0.766. The largest absolute Gasteiger partial charge is 0.320 e. The normalized spacial score (nSPS) is 12.9. The molecule has 19 heavy (non-hydrogen) atoms. The molecule has 0 heterocycles. The maximum Gasteiger partial charge on any atom is 0.243 e. The molecule has 0 amide bonds. The van der Waals surface area contributed by atoms with Crippen molar-refractivity contribution in [3.63, 3.8) is 0 Å². The SMILES string of the molecule is CCC(C)N(C)S(=O)(=O)c1cccc(C#CCN)c1. The monoisotopic (exact) mass is 280 g/mol. The summed E-state index contributed by atoms with van der Waals surface area (Å²) in [6, 6.07) is 6.59. The number of rotatable bonds is 4. The van der Waals surface area contributed by atoms with Gasteiger partial charge in [-0.3, -0.25) is 0 Å². The van der Waals surface area contributed by atoms with Gasteiger partial charge in [-0.1, -0.05) is 24.8 Å². The van der Waals surface area contributed by atoms with Crippen LogP contribution in [-0.2, 0) is 10.0 Å². The van der Waals surface area contributed by atoms with E-state index in [1.54, 1.807) is 31.3 Å². The zero-order valence-electron chi connectivity index (χ0n) is 11.6. The van der Waals surface area contributed by atoms with Crippen LogP contribution in [0.3, 0.4) is 0 Å². The molecule has 0 aliphatic rings. The van der Waals surface area contributed by atoms with Crippen LogP contribution in [0.4, 0.5) is 0 Å². The molecule has 0 fully saturated rings. The van der Waals surface area contributed by atoms with Crippen LogP contribution < -0.4 is 5.73 Å². The number of nitrogens with zero attached hydrogens (tertiary/aromatic N) is 1. The van der Waals surface area contributed by atoms with E-state index in [1.165, 1.54) is 4.31 Å². The third kappa shape index (κ3) is 3.80. The summed E-state index contributed by atoms with van der Waals surface area (Å²) in [5.41, 5.74) is 5.96. The van der Waals surface area contributed by atoms with E-state index in [1.807, 2.05) is 13.8 Å². The number of benzene rings is 1. The Kier molecular flexibility index (Phi) is 5.55. The highest BCUT2D eigenvalue weighted by Crippen LogP contribution is 2.18. The van der Waals surface area contributed by atoms with E-state index in [0.717, 1.165) is 6.42 Å². The van der Waals surface area contributed by atoms with Crippen molar-refractivity contribution in [2.75, 3.05) is 13.6 Å². The Bertz CT molecular complexity index is 585. The van der Waals surface area contributed by atoms with Crippen LogP contribution in [0.25, 0.3) is 0 Å². The third-order valence-electron chi connectivity index (χ3n) is 3.06. The molecule has 1 atom stereocenters. The van der Waals surface area contributed by atoms with Gasteiger partial charge in [0, 0.05) is 18.7 Å². The molecule has 0 aliphatic heterocycles. The molecule has 0 aliphatic carbocycles. The quantitative estimate of drug-likeness (QED) is 0.848. The molecule has 2 N–H and O–H groups in total. The Morgan fingerprint density at radius 2 is 2.11 bits per heavy atom. The predicted molar refractivity (Wildman–Crippen MR) is 77.1 cm³/mol. The van der Waals surface area contributed by atoms with Gasteiger partial charge in [0.15, 0.2) is 0 Å². The van der Waals surface area contributed by atoms with Crippen molar-refractivity contribution in [3.8, 4) is 11.8 Å². The first-order chi connectivity index (χ1) is 8.93. The summed E-state index contributed by atoms with van der Waals surface area (Å²) in [5, 5.41) is 0.